The highest BCUT2D eigenvalue weighted by atomic mass is 16.3. The van der Waals surface area contributed by atoms with Gasteiger partial charge in [0.25, 0.3) is 0 Å². The number of aryl methyl sites for hydroxylation is 1. The van der Waals surface area contributed by atoms with Crippen LogP contribution in [0.5, 0.6) is 0 Å². The van der Waals surface area contributed by atoms with Gasteiger partial charge in [0.1, 0.15) is 0 Å². The third-order valence-electron chi connectivity index (χ3n) is 3.11. The molecule has 0 aliphatic rings. The zero-order valence-corrected chi connectivity index (χ0v) is 11.5. The molecule has 0 saturated carbocycles. The van der Waals surface area contributed by atoms with Gasteiger partial charge in [0, 0.05) is 19.1 Å². The largest absolute Gasteiger partial charge is 0.392 e. The molecule has 0 aliphatic carbocycles. The smallest absolute Gasteiger partial charge is 0.0664 e. The minimum Gasteiger partial charge on any atom is -0.392 e. The van der Waals surface area contributed by atoms with Crippen LogP contribution in [0.15, 0.2) is 24.3 Å². The van der Waals surface area contributed by atoms with Crippen LogP contribution in [0.1, 0.15) is 38.3 Å². The Kier molecular flexibility index (Phi) is 5.66. The molecule has 1 N–H and O–H groups in total. The highest BCUT2D eigenvalue weighted by Gasteiger charge is 2.13. The van der Waals surface area contributed by atoms with Crippen molar-refractivity contribution in [1.82, 2.24) is 4.90 Å². The van der Waals surface area contributed by atoms with Crippen LogP contribution in [0.3, 0.4) is 0 Å². The number of aliphatic hydroxyl groups excluding tert-OH is 1. The van der Waals surface area contributed by atoms with Crippen molar-refractivity contribution in [3.63, 3.8) is 0 Å². The first-order valence-electron chi connectivity index (χ1n) is 6.50. The molecule has 0 amide bonds. The predicted octanol–water partition coefficient (Wildman–Crippen LogP) is 2.98. The molecule has 1 unspecified atom stereocenters. The van der Waals surface area contributed by atoms with Gasteiger partial charge in [-0.05, 0) is 32.8 Å². The second-order valence-electron chi connectivity index (χ2n) is 5.07. The number of rotatable bonds is 6. The molecule has 0 bridgehead atoms. The van der Waals surface area contributed by atoms with Crippen molar-refractivity contribution < 1.29 is 5.11 Å². The molecule has 0 spiro atoms. The summed E-state index contributed by atoms with van der Waals surface area (Å²) in [5.41, 5.74) is 2.62. The van der Waals surface area contributed by atoms with E-state index >= 15 is 0 Å². The molecule has 0 saturated heterocycles. The Bertz CT molecular complexity index is 335. The second kappa shape index (κ2) is 6.77. The van der Waals surface area contributed by atoms with Crippen molar-refractivity contribution in [1.29, 1.82) is 0 Å². The van der Waals surface area contributed by atoms with Crippen LogP contribution in [0.2, 0.25) is 0 Å². The molecule has 0 aliphatic heterocycles. The Morgan fingerprint density at radius 3 is 2.53 bits per heavy atom. The lowest BCUT2D eigenvalue weighted by Gasteiger charge is -2.28. The molecule has 0 fully saturated rings. The van der Waals surface area contributed by atoms with Gasteiger partial charge < -0.3 is 5.11 Å². The Hall–Kier alpha value is -0.860. The van der Waals surface area contributed by atoms with Crippen LogP contribution in [-0.2, 0) is 6.54 Å². The van der Waals surface area contributed by atoms with E-state index in [0.717, 1.165) is 19.5 Å². The van der Waals surface area contributed by atoms with Crippen LogP contribution >= 0.6 is 0 Å². The van der Waals surface area contributed by atoms with Gasteiger partial charge in [-0.3, -0.25) is 4.90 Å². The molecular formula is C15H25NO. The Morgan fingerprint density at radius 1 is 1.29 bits per heavy atom. The molecule has 0 radical (unpaired) electrons. The maximum absolute atomic E-state index is 9.77. The maximum atomic E-state index is 9.77. The molecule has 96 valence electrons. The minimum absolute atomic E-state index is 0.220. The summed E-state index contributed by atoms with van der Waals surface area (Å²) in [5.74, 6) is 0. The van der Waals surface area contributed by atoms with Gasteiger partial charge in [-0.2, -0.15) is 0 Å². The summed E-state index contributed by atoms with van der Waals surface area (Å²) in [5, 5.41) is 9.77. The van der Waals surface area contributed by atoms with Crippen LogP contribution in [0, 0.1) is 6.92 Å². The molecule has 0 aromatic heterocycles. The number of benzene rings is 1. The third kappa shape index (κ3) is 4.88. The van der Waals surface area contributed by atoms with Gasteiger partial charge in [-0.25, -0.2) is 0 Å². The molecule has 1 aromatic carbocycles. The van der Waals surface area contributed by atoms with E-state index in [2.05, 4.69) is 49.9 Å². The summed E-state index contributed by atoms with van der Waals surface area (Å²) >= 11 is 0. The number of aliphatic hydroxyl groups is 1. The third-order valence-corrected chi connectivity index (χ3v) is 3.11. The number of hydrogen-bond acceptors (Lipinski definition) is 2. The molecule has 2 nitrogen and oxygen atoms in total. The summed E-state index contributed by atoms with van der Waals surface area (Å²) in [6, 6.07) is 9.04. The van der Waals surface area contributed by atoms with Crippen molar-refractivity contribution in [2.45, 2.75) is 52.8 Å². The van der Waals surface area contributed by atoms with Gasteiger partial charge in [-0.1, -0.05) is 36.8 Å². The highest BCUT2D eigenvalue weighted by Crippen LogP contribution is 2.11. The highest BCUT2D eigenvalue weighted by molar-refractivity contribution is 5.22. The molecule has 1 rings (SSSR count). The topological polar surface area (TPSA) is 23.5 Å². The minimum atomic E-state index is -0.220. The normalized spacial score (nSPS) is 13.4. The molecular weight excluding hydrogens is 210 g/mol. The average Bonchev–Trinajstić information content (AvgIpc) is 2.27. The van der Waals surface area contributed by atoms with E-state index in [0.29, 0.717) is 6.04 Å². The molecule has 2 heteroatoms. The van der Waals surface area contributed by atoms with E-state index in [-0.39, 0.29) is 6.10 Å². The van der Waals surface area contributed by atoms with E-state index in [1.165, 1.54) is 11.1 Å². The first-order valence-corrected chi connectivity index (χ1v) is 6.50. The van der Waals surface area contributed by atoms with E-state index < -0.39 is 0 Å². The van der Waals surface area contributed by atoms with Gasteiger partial charge in [0.05, 0.1) is 6.10 Å². The molecule has 0 heterocycles. The van der Waals surface area contributed by atoms with Crippen molar-refractivity contribution in [2.24, 2.45) is 0 Å². The van der Waals surface area contributed by atoms with Crippen molar-refractivity contribution in [3.8, 4) is 0 Å². The van der Waals surface area contributed by atoms with Crippen molar-refractivity contribution in [2.75, 3.05) is 6.54 Å². The summed E-state index contributed by atoms with van der Waals surface area (Å²) in [4.78, 5) is 2.32. The Balaban J connectivity index is 2.66. The Labute approximate surface area is 105 Å². The zero-order chi connectivity index (χ0) is 12.8. The van der Waals surface area contributed by atoms with Gasteiger partial charge in [-0.15, -0.1) is 0 Å². The van der Waals surface area contributed by atoms with Crippen LogP contribution in [0.25, 0.3) is 0 Å². The second-order valence-corrected chi connectivity index (χ2v) is 5.07. The van der Waals surface area contributed by atoms with E-state index in [4.69, 9.17) is 0 Å². The van der Waals surface area contributed by atoms with Gasteiger partial charge in [0.15, 0.2) is 0 Å². The summed E-state index contributed by atoms with van der Waals surface area (Å²) in [6.07, 6.45) is 0.596. The first-order chi connectivity index (χ1) is 8.02. The molecule has 17 heavy (non-hydrogen) atoms. The summed E-state index contributed by atoms with van der Waals surface area (Å²) in [7, 11) is 0. The molecule has 1 aromatic rings. The fourth-order valence-corrected chi connectivity index (χ4v) is 1.90. The SMILES string of the molecule is CCC(O)CN(Cc1cccc(C)c1)C(C)C. The van der Waals surface area contributed by atoms with E-state index in [1.807, 2.05) is 6.92 Å². The lowest BCUT2D eigenvalue weighted by atomic mass is 10.1. The lowest BCUT2D eigenvalue weighted by Crippen LogP contribution is -2.36. The fourth-order valence-electron chi connectivity index (χ4n) is 1.90. The van der Waals surface area contributed by atoms with Crippen LogP contribution < -0.4 is 0 Å². The Morgan fingerprint density at radius 2 is 2.00 bits per heavy atom. The summed E-state index contributed by atoms with van der Waals surface area (Å²) in [6.45, 7) is 10.2. The van der Waals surface area contributed by atoms with Crippen LogP contribution in [-0.4, -0.2) is 28.7 Å². The monoisotopic (exact) mass is 235 g/mol. The average molecular weight is 235 g/mol. The first kappa shape index (κ1) is 14.2. The van der Waals surface area contributed by atoms with Gasteiger partial charge >= 0.3 is 0 Å². The fraction of sp³-hybridized carbons (Fsp3) is 0.600. The van der Waals surface area contributed by atoms with E-state index in [1.54, 1.807) is 0 Å². The zero-order valence-electron chi connectivity index (χ0n) is 11.5. The van der Waals surface area contributed by atoms with Crippen molar-refractivity contribution >= 4 is 0 Å². The molecule has 1 atom stereocenters. The number of nitrogens with zero attached hydrogens (tertiary/aromatic N) is 1. The van der Waals surface area contributed by atoms with Crippen molar-refractivity contribution in [3.05, 3.63) is 35.4 Å². The maximum Gasteiger partial charge on any atom is 0.0664 e. The number of hydrogen-bond donors (Lipinski definition) is 1. The van der Waals surface area contributed by atoms with Gasteiger partial charge in [0.2, 0.25) is 0 Å². The standard InChI is InChI=1S/C15H25NO/c1-5-15(17)11-16(12(2)3)10-14-8-6-7-13(4)9-14/h6-9,12,15,17H,5,10-11H2,1-4H3. The van der Waals surface area contributed by atoms with E-state index in [9.17, 15) is 5.11 Å². The quantitative estimate of drug-likeness (QED) is 0.819. The van der Waals surface area contributed by atoms with Crippen LogP contribution in [0.4, 0.5) is 0 Å². The summed E-state index contributed by atoms with van der Waals surface area (Å²) < 4.78 is 0. The lowest BCUT2D eigenvalue weighted by molar-refractivity contribution is 0.0881. The predicted molar refractivity (Wildman–Crippen MR) is 73.0 cm³/mol.